The average Bonchev–Trinajstić information content (AvgIpc) is 3.00. The van der Waals surface area contributed by atoms with E-state index in [2.05, 4.69) is 24.3 Å². The number of carbonyl (C=O) groups is 2. The van der Waals surface area contributed by atoms with Gasteiger partial charge in [-0.1, -0.05) is 13.8 Å². The molecule has 1 amide bonds. The van der Waals surface area contributed by atoms with Gasteiger partial charge in [-0.05, 0) is 25.8 Å². The fourth-order valence-corrected chi connectivity index (χ4v) is 2.31. The summed E-state index contributed by atoms with van der Waals surface area (Å²) in [5.41, 5.74) is 1.42. The van der Waals surface area contributed by atoms with Crippen molar-refractivity contribution in [2.45, 2.75) is 40.8 Å². The van der Waals surface area contributed by atoms with Crippen molar-refractivity contribution in [3.63, 3.8) is 0 Å². The van der Waals surface area contributed by atoms with Crippen molar-refractivity contribution in [1.82, 2.24) is 15.1 Å². The Labute approximate surface area is 134 Å². The maximum atomic E-state index is 12.2. The van der Waals surface area contributed by atoms with Crippen LogP contribution in [0.25, 0.3) is 0 Å². The molecule has 7 heteroatoms. The van der Waals surface area contributed by atoms with Crippen molar-refractivity contribution in [2.24, 2.45) is 5.92 Å². The van der Waals surface area contributed by atoms with Crippen molar-refractivity contribution >= 4 is 11.9 Å². The summed E-state index contributed by atoms with van der Waals surface area (Å²) in [5.74, 6) is -0.147. The molecule has 0 radical (unpaired) electrons. The molecular weight excluding hydrogens is 298 g/mol. The van der Waals surface area contributed by atoms with E-state index in [0.29, 0.717) is 23.0 Å². The summed E-state index contributed by atoms with van der Waals surface area (Å²) < 4.78 is 7.14. The zero-order valence-electron chi connectivity index (χ0n) is 13.7. The standard InChI is InChI=1S/C16H21N3O4/c1-9(2)8-19-10(3)14(7-18-19)15(20)17-6-12-5-13(16(21)22)11(4)23-12/h5,7,9H,6,8H2,1-4H3,(H,17,20)(H,21,22). The largest absolute Gasteiger partial charge is 0.478 e. The van der Waals surface area contributed by atoms with E-state index in [0.717, 1.165) is 12.2 Å². The molecule has 2 N–H and O–H groups in total. The normalized spacial score (nSPS) is 11.0. The van der Waals surface area contributed by atoms with E-state index in [1.54, 1.807) is 17.8 Å². The van der Waals surface area contributed by atoms with Gasteiger partial charge in [0.15, 0.2) is 0 Å². The van der Waals surface area contributed by atoms with Crippen LogP contribution < -0.4 is 5.32 Å². The smallest absolute Gasteiger partial charge is 0.339 e. The lowest BCUT2D eigenvalue weighted by atomic mass is 10.2. The molecule has 0 aromatic carbocycles. The number of aromatic nitrogens is 2. The molecule has 0 spiro atoms. The summed E-state index contributed by atoms with van der Waals surface area (Å²) in [7, 11) is 0. The monoisotopic (exact) mass is 319 g/mol. The second-order valence-electron chi connectivity index (χ2n) is 5.89. The number of aryl methyl sites for hydroxylation is 1. The lowest BCUT2D eigenvalue weighted by Crippen LogP contribution is -2.23. The molecule has 0 unspecified atom stereocenters. The fourth-order valence-electron chi connectivity index (χ4n) is 2.31. The number of hydrogen-bond acceptors (Lipinski definition) is 4. The second-order valence-corrected chi connectivity index (χ2v) is 5.89. The van der Waals surface area contributed by atoms with E-state index in [4.69, 9.17) is 9.52 Å². The fraction of sp³-hybridized carbons (Fsp3) is 0.438. The van der Waals surface area contributed by atoms with Crippen LogP contribution in [0.3, 0.4) is 0 Å². The Balaban J connectivity index is 2.04. The van der Waals surface area contributed by atoms with Crippen LogP contribution in [0.4, 0.5) is 0 Å². The van der Waals surface area contributed by atoms with Gasteiger partial charge in [-0.15, -0.1) is 0 Å². The molecule has 2 rings (SSSR count). The third kappa shape index (κ3) is 3.80. The molecule has 0 fully saturated rings. The molecular formula is C16H21N3O4. The number of amides is 1. The van der Waals surface area contributed by atoms with Gasteiger partial charge < -0.3 is 14.8 Å². The predicted octanol–water partition coefficient (Wildman–Crippen LogP) is 2.38. The SMILES string of the molecule is Cc1oc(CNC(=O)c2cnn(CC(C)C)c2C)cc1C(=O)O. The van der Waals surface area contributed by atoms with Crippen LogP contribution in [-0.2, 0) is 13.1 Å². The van der Waals surface area contributed by atoms with Crippen LogP contribution in [0, 0.1) is 19.8 Å². The summed E-state index contributed by atoms with van der Waals surface area (Å²) in [5, 5.41) is 15.9. The van der Waals surface area contributed by atoms with E-state index in [1.165, 1.54) is 6.07 Å². The van der Waals surface area contributed by atoms with Crippen LogP contribution in [0.15, 0.2) is 16.7 Å². The quantitative estimate of drug-likeness (QED) is 0.852. The van der Waals surface area contributed by atoms with E-state index in [9.17, 15) is 9.59 Å². The first kappa shape index (κ1) is 16.8. The van der Waals surface area contributed by atoms with Gasteiger partial charge in [-0.2, -0.15) is 5.10 Å². The Morgan fingerprint density at radius 1 is 1.35 bits per heavy atom. The van der Waals surface area contributed by atoms with Gasteiger partial charge in [0.2, 0.25) is 0 Å². The topological polar surface area (TPSA) is 97.4 Å². The number of rotatable bonds is 6. The molecule has 0 aliphatic heterocycles. The molecule has 0 aliphatic carbocycles. The van der Waals surface area contributed by atoms with Crippen LogP contribution in [-0.4, -0.2) is 26.8 Å². The van der Waals surface area contributed by atoms with Crippen LogP contribution in [0.1, 0.15) is 51.8 Å². The highest BCUT2D eigenvalue weighted by Gasteiger charge is 2.17. The maximum Gasteiger partial charge on any atom is 0.339 e. The van der Waals surface area contributed by atoms with Crippen molar-refractivity contribution in [3.8, 4) is 0 Å². The molecule has 0 atom stereocenters. The van der Waals surface area contributed by atoms with Crippen molar-refractivity contribution in [2.75, 3.05) is 0 Å². The maximum absolute atomic E-state index is 12.2. The number of carboxylic acids is 1. The van der Waals surface area contributed by atoms with E-state index in [-0.39, 0.29) is 18.0 Å². The number of carboxylic acid groups (broad SMARTS) is 1. The van der Waals surface area contributed by atoms with Gasteiger partial charge in [0, 0.05) is 12.2 Å². The molecule has 7 nitrogen and oxygen atoms in total. The molecule has 124 valence electrons. The lowest BCUT2D eigenvalue weighted by molar-refractivity contribution is 0.0694. The highest BCUT2D eigenvalue weighted by molar-refractivity contribution is 5.95. The summed E-state index contributed by atoms with van der Waals surface area (Å²) in [6.45, 7) is 8.47. The Morgan fingerprint density at radius 2 is 2.04 bits per heavy atom. The van der Waals surface area contributed by atoms with E-state index in [1.807, 2.05) is 6.92 Å². The number of carbonyl (C=O) groups excluding carboxylic acids is 1. The Hall–Kier alpha value is -2.57. The Bertz CT molecular complexity index is 728. The average molecular weight is 319 g/mol. The third-order valence-corrected chi connectivity index (χ3v) is 3.51. The van der Waals surface area contributed by atoms with Gasteiger partial charge in [0.25, 0.3) is 5.91 Å². The van der Waals surface area contributed by atoms with Crippen LogP contribution in [0.2, 0.25) is 0 Å². The molecule has 2 heterocycles. The minimum absolute atomic E-state index is 0.107. The van der Waals surface area contributed by atoms with Crippen molar-refractivity contribution in [3.05, 3.63) is 40.6 Å². The third-order valence-electron chi connectivity index (χ3n) is 3.51. The zero-order valence-corrected chi connectivity index (χ0v) is 13.7. The molecule has 0 saturated carbocycles. The molecule has 2 aromatic rings. The summed E-state index contributed by atoms with van der Waals surface area (Å²) in [6.07, 6.45) is 1.54. The second kappa shape index (κ2) is 6.68. The van der Waals surface area contributed by atoms with Gasteiger partial charge in [0.05, 0.1) is 18.3 Å². The molecule has 0 aliphatic rings. The number of nitrogens with zero attached hydrogens (tertiary/aromatic N) is 2. The minimum atomic E-state index is -1.05. The minimum Gasteiger partial charge on any atom is -0.478 e. The van der Waals surface area contributed by atoms with Crippen molar-refractivity contribution in [1.29, 1.82) is 0 Å². The van der Waals surface area contributed by atoms with Gasteiger partial charge >= 0.3 is 5.97 Å². The molecule has 2 aromatic heterocycles. The summed E-state index contributed by atoms with van der Waals surface area (Å²) >= 11 is 0. The molecule has 23 heavy (non-hydrogen) atoms. The van der Waals surface area contributed by atoms with Crippen molar-refractivity contribution < 1.29 is 19.1 Å². The van der Waals surface area contributed by atoms with Crippen LogP contribution >= 0.6 is 0 Å². The van der Waals surface area contributed by atoms with Crippen LogP contribution in [0.5, 0.6) is 0 Å². The number of hydrogen-bond donors (Lipinski definition) is 2. The first-order valence-corrected chi connectivity index (χ1v) is 7.42. The highest BCUT2D eigenvalue weighted by atomic mass is 16.4. The highest BCUT2D eigenvalue weighted by Crippen LogP contribution is 2.15. The number of aromatic carboxylic acids is 1. The summed E-state index contributed by atoms with van der Waals surface area (Å²) in [6, 6.07) is 1.42. The first-order valence-electron chi connectivity index (χ1n) is 7.42. The summed E-state index contributed by atoms with van der Waals surface area (Å²) in [4.78, 5) is 23.2. The number of nitrogens with one attached hydrogen (secondary N) is 1. The number of furan rings is 1. The van der Waals surface area contributed by atoms with E-state index < -0.39 is 5.97 Å². The first-order chi connectivity index (χ1) is 10.8. The van der Waals surface area contributed by atoms with Gasteiger partial charge in [-0.3, -0.25) is 9.48 Å². The van der Waals surface area contributed by atoms with Gasteiger partial charge in [0.1, 0.15) is 17.1 Å². The zero-order chi connectivity index (χ0) is 17.1. The Morgan fingerprint density at radius 3 is 2.61 bits per heavy atom. The Kier molecular flexibility index (Phi) is 4.88. The molecule has 0 bridgehead atoms. The lowest BCUT2D eigenvalue weighted by Gasteiger charge is -2.08. The van der Waals surface area contributed by atoms with Gasteiger partial charge in [-0.25, -0.2) is 4.79 Å². The predicted molar refractivity (Wildman–Crippen MR) is 83.4 cm³/mol. The molecule has 0 saturated heterocycles. The van der Waals surface area contributed by atoms with E-state index >= 15 is 0 Å².